The van der Waals surface area contributed by atoms with E-state index in [1.165, 1.54) is 0 Å². The number of hydrogen-bond acceptors (Lipinski definition) is 2. The molecule has 66 valence electrons. The Morgan fingerprint density at radius 2 is 2.08 bits per heavy atom. The highest BCUT2D eigenvalue weighted by Gasteiger charge is 2.01. The molecule has 1 aromatic rings. The fourth-order valence-corrected chi connectivity index (χ4v) is 1.27. The predicted octanol–water partition coefficient (Wildman–Crippen LogP) is 1.98. The molecule has 0 bridgehead atoms. The highest BCUT2D eigenvalue weighted by Crippen LogP contribution is 2.20. The SMILES string of the molecule is NC1=CCc2ccccc2OC=C1. The molecule has 1 aromatic carbocycles. The maximum absolute atomic E-state index is 5.66. The summed E-state index contributed by atoms with van der Waals surface area (Å²) in [5, 5.41) is 0. The van der Waals surface area contributed by atoms with Gasteiger partial charge in [0.2, 0.25) is 0 Å². The molecule has 0 aliphatic carbocycles. The molecule has 1 heterocycles. The quantitative estimate of drug-likeness (QED) is 0.651. The van der Waals surface area contributed by atoms with E-state index >= 15 is 0 Å². The van der Waals surface area contributed by atoms with Crippen molar-refractivity contribution < 1.29 is 4.74 Å². The number of benzene rings is 1. The van der Waals surface area contributed by atoms with Crippen LogP contribution in [0, 0.1) is 0 Å². The highest BCUT2D eigenvalue weighted by molar-refractivity contribution is 5.37. The Morgan fingerprint density at radius 3 is 3.00 bits per heavy atom. The molecule has 1 aliphatic rings. The first-order valence-corrected chi connectivity index (χ1v) is 4.23. The monoisotopic (exact) mass is 173 g/mol. The van der Waals surface area contributed by atoms with Gasteiger partial charge in [0.1, 0.15) is 5.75 Å². The molecule has 0 fully saturated rings. The van der Waals surface area contributed by atoms with Gasteiger partial charge < -0.3 is 10.5 Å². The standard InChI is InChI=1S/C11H11NO/c12-10-6-5-9-3-1-2-4-11(9)13-8-7-10/h1-4,6-8H,5,12H2. The lowest BCUT2D eigenvalue weighted by atomic mass is 10.1. The van der Waals surface area contributed by atoms with Crippen LogP contribution in [0.25, 0.3) is 0 Å². The predicted molar refractivity (Wildman–Crippen MR) is 52.2 cm³/mol. The van der Waals surface area contributed by atoms with Crippen molar-refractivity contribution in [3.8, 4) is 5.75 Å². The number of fused-ring (bicyclic) bond motifs is 1. The second-order valence-corrected chi connectivity index (χ2v) is 2.94. The number of allylic oxidation sites excluding steroid dienone is 2. The second-order valence-electron chi connectivity index (χ2n) is 2.94. The van der Waals surface area contributed by atoms with Crippen LogP contribution in [0.1, 0.15) is 5.56 Å². The van der Waals surface area contributed by atoms with Crippen molar-refractivity contribution in [1.82, 2.24) is 0 Å². The molecule has 2 N–H and O–H groups in total. The van der Waals surface area contributed by atoms with Crippen LogP contribution in [0.5, 0.6) is 5.75 Å². The minimum Gasteiger partial charge on any atom is -0.465 e. The van der Waals surface area contributed by atoms with Gasteiger partial charge in [0.25, 0.3) is 0 Å². The molecule has 2 rings (SSSR count). The first-order chi connectivity index (χ1) is 6.36. The van der Waals surface area contributed by atoms with Gasteiger partial charge in [-0.3, -0.25) is 0 Å². The number of hydrogen-bond donors (Lipinski definition) is 1. The summed E-state index contributed by atoms with van der Waals surface area (Å²) < 4.78 is 5.40. The van der Waals surface area contributed by atoms with E-state index in [-0.39, 0.29) is 0 Å². The Labute approximate surface area is 77.3 Å². The summed E-state index contributed by atoms with van der Waals surface area (Å²) >= 11 is 0. The molecule has 2 nitrogen and oxygen atoms in total. The Morgan fingerprint density at radius 1 is 1.23 bits per heavy atom. The van der Waals surface area contributed by atoms with Gasteiger partial charge >= 0.3 is 0 Å². The second kappa shape index (κ2) is 3.35. The van der Waals surface area contributed by atoms with E-state index in [2.05, 4.69) is 0 Å². The Bertz CT molecular complexity index is 366. The zero-order valence-corrected chi connectivity index (χ0v) is 7.23. The number of rotatable bonds is 0. The van der Waals surface area contributed by atoms with Gasteiger partial charge in [0.05, 0.1) is 6.26 Å². The number of para-hydroxylation sites is 1. The van der Waals surface area contributed by atoms with Crippen LogP contribution in [-0.2, 0) is 6.42 Å². The molecular weight excluding hydrogens is 162 g/mol. The van der Waals surface area contributed by atoms with E-state index in [0.717, 1.165) is 23.4 Å². The number of nitrogens with two attached hydrogens (primary N) is 1. The molecule has 0 atom stereocenters. The Hall–Kier alpha value is -1.70. The minimum atomic E-state index is 0.745. The summed E-state index contributed by atoms with van der Waals surface area (Å²) in [4.78, 5) is 0. The van der Waals surface area contributed by atoms with Crippen molar-refractivity contribution in [2.75, 3.05) is 0 Å². The van der Waals surface area contributed by atoms with Gasteiger partial charge in [-0.1, -0.05) is 24.3 Å². The van der Waals surface area contributed by atoms with Crippen molar-refractivity contribution in [2.45, 2.75) is 6.42 Å². The van der Waals surface area contributed by atoms with E-state index in [1.807, 2.05) is 30.3 Å². The number of ether oxygens (including phenoxy) is 1. The van der Waals surface area contributed by atoms with E-state index in [1.54, 1.807) is 12.3 Å². The summed E-state index contributed by atoms with van der Waals surface area (Å²) in [5.74, 6) is 0.905. The van der Waals surface area contributed by atoms with Crippen LogP contribution >= 0.6 is 0 Å². The molecule has 0 saturated heterocycles. The van der Waals surface area contributed by atoms with Gasteiger partial charge in [-0.05, 0) is 24.1 Å². The van der Waals surface area contributed by atoms with Gasteiger partial charge in [-0.15, -0.1) is 0 Å². The maximum atomic E-state index is 5.66. The van der Waals surface area contributed by atoms with Gasteiger partial charge in [-0.25, -0.2) is 0 Å². The van der Waals surface area contributed by atoms with E-state index in [0.29, 0.717) is 0 Å². The molecule has 0 radical (unpaired) electrons. The van der Waals surface area contributed by atoms with Gasteiger partial charge in [0.15, 0.2) is 0 Å². The fourth-order valence-electron chi connectivity index (χ4n) is 1.27. The zero-order valence-electron chi connectivity index (χ0n) is 7.23. The average molecular weight is 173 g/mol. The first-order valence-electron chi connectivity index (χ1n) is 4.23. The topological polar surface area (TPSA) is 35.2 Å². The lowest BCUT2D eigenvalue weighted by Gasteiger charge is -2.08. The third-order valence-corrected chi connectivity index (χ3v) is 1.99. The molecule has 0 amide bonds. The summed E-state index contributed by atoms with van der Waals surface area (Å²) in [7, 11) is 0. The molecule has 2 heteroatoms. The van der Waals surface area contributed by atoms with Crippen molar-refractivity contribution in [2.24, 2.45) is 5.73 Å². The highest BCUT2D eigenvalue weighted by atomic mass is 16.5. The average Bonchev–Trinajstić information content (AvgIpc) is 2.13. The van der Waals surface area contributed by atoms with Crippen molar-refractivity contribution in [3.05, 3.63) is 53.9 Å². The summed E-state index contributed by atoms with van der Waals surface area (Å²) in [6.45, 7) is 0. The normalized spacial score (nSPS) is 14.9. The van der Waals surface area contributed by atoms with Crippen LogP contribution < -0.4 is 10.5 Å². The van der Waals surface area contributed by atoms with E-state index < -0.39 is 0 Å². The lowest BCUT2D eigenvalue weighted by Crippen LogP contribution is -1.99. The van der Waals surface area contributed by atoms with Gasteiger partial charge in [-0.2, -0.15) is 0 Å². The van der Waals surface area contributed by atoms with Crippen molar-refractivity contribution in [3.63, 3.8) is 0 Å². The third kappa shape index (κ3) is 1.72. The molecular formula is C11H11NO. The van der Waals surface area contributed by atoms with E-state index in [4.69, 9.17) is 10.5 Å². The lowest BCUT2D eigenvalue weighted by molar-refractivity contribution is 0.474. The van der Waals surface area contributed by atoms with E-state index in [9.17, 15) is 0 Å². The van der Waals surface area contributed by atoms with Crippen LogP contribution in [-0.4, -0.2) is 0 Å². The minimum absolute atomic E-state index is 0.745. The third-order valence-electron chi connectivity index (χ3n) is 1.99. The van der Waals surface area contributed by atoms with Crippen LogP contribution in [0.4, 0.5) is 0 Å². The first kappa shape index (κ1) is 7.92. The van der Waals surface area contributed by atoms with Crippen molar-refractivity contribution >= 4 is 0 Å². The van der Waals surface area contributed by atoms with Crippen LogP contribution in [0.2, 0.25) is 0 Å². The molecule has 13 heavy (non-hydrogen) atoms. The molecule has 0 unspecified atom stereocenters. The molecule has 0 saturated carbocycles. The Kier molecular flexibility index (Phi) is 2.04. The molecule has 0 spiro atoms. The molecule has 0 aromatic heterocycles. The summed E-state index contributed by atoms with van der Waals surface area (Å²) in [5.41, 5.74) is 7.56. The molecule has 1 aliphatic heterocycles. The Balaban J connectivity index is 2.39. The summed E-state index contributed by atoms with van der Waals surface area (Å²) in [6, 6.07) is 7.95. The zero-order chi connectivity index (χ0) is 9.10. The van der Waals surface area contributed by atoms with Crippen LogP contribution in [0.15, 0.2) is 48.4 Å². The van der Waals surface area contributed by atoms with Gasteiger partial charge in [0, 0.05) is 5.70 Å². The summed E-state index contributed by atoms with van der Waals surface area (Å²) in [6.07, 6.45) is 6.18. The van der Waals surface area contributed by atoms with Crippen LogP contribution in [0.3, 0.4) is 0 Å². The largest absolute Gasteiger partial charge is 0.465 e. The van der Waals surface area contributed by atoms with Crippen molar-refractivity contribution in [1.29, 1.82) is 0 Å². The smallest absolute Gasteiger partial charge is 0.130 e. The fraction of sp³-hybridized carbons (Fsp3) is 0.0909. The maximum Gasteiger partial charge on any atom is 0.130 e.